The van der Waals surface area contributed by atoms with E-state index in [0.717, 1.165) is 12.1 Å². The van der Waals surface area contributed by atoms with Crippen LogP contribution in [0.2, 0.25) is 0 Å². The maximum Gasteiger partial charge on any atom is 0.314 e. The zero-order valence-electron chi connectivity index (χ0n) is 11.4. The fraction of sp³-hybridized carbons (Fsp3) is 0.333. The van der Waals surface area contributed by atoms with Gasteiger partial charge in [-0.15, -0.1) is 0 Å². The number of rotatable bonds is 5. The van der Waals surface area contributed by atoms with Gasteiger partial charge in [-0.2, -0.15) is 4.98 Å². The first-order chi connectivity index (χ1) is 9.79. The molecule has 0 saturated carbocycles. The van der Waals surface area contributed by atoms with Crippen molar-refractivity contribution in [1.29, 1.82) is 0 Å². The molecule has 0 spiro atoms. The average Bonchev–Trinajstić information content (AvgIpc) is 2.85. The Kier molecular flexibility index (Phi) is 3.85. The summed E-state index contributed by atoms with van der Waals surface area (Å²) in [6.45, 7) is 3.07. The number of nitro groups is 1. The highest BCUT2D eigenvalue weighted by Crippen LogP contribution is 2.30. The van der Waals surface area contributed by atoms with E-state index in [1.165, 1.54) is 6.07 Å². The SMILES string of the molecule is CC(C)(N)c1noc(COc2c(F)cccc2[N+](=O)[O-])n1. The maximum atomic E-state index is 13.6. The molecule has 0 bridgehead atoms. The van der Waals surface area contributed by atoms with Gasteiger partial charge in [0.2, 0.25) is 5.75 Å². The molecule has 9 heteroatoms. The monoisotopic (exact) mass is 296 g/mol. The van der Waals surface area contributed by atoms with Crippen molar-refractivity contribution >= 4 is 5.69 Å². The van der Waals surface area contributed by atoms with Crippen LogP contribution in [0, 0.1) is 15.9 Å². The predicted octanol–water partition coefficient (Wildman–Crippen LogP) is 1.89. The lowest BCUT2D eigenvalue weighted by atomic mass is 10.1. The minimum absolute atomic E-state index is 0.0427. The summed E-state index contributed by atoms with van der Waals surface area (Å²) in [5.74, 6) is -1.03. The van der Waals surface area contributed by atoms with Crippen LogP contribution in [0.5, 0.6) is 5.75 Å². The van der Waals surface area contributed by atoms with E-state index in [9.17, 15) is 14.5 Å². The number of para-hydroxylation sites is 1. The molecule has 0 aliphatic carbocycles. The average molecular weight is 296 g/mol. The molecule has 1 aromatic heterocycles. The van der Waals surface area contributed by atoms with Crippen molar-refractivity contribution in [2.75, 3.05) is 0 Å². The van der Waals surface area contributed by atoms with E-state index in [-0.39, 0.29) is 18.3 Å². The van der Waals surface area contributed by atoms with Crippen molar-refractivity contribution < 1.29 is 18.6 Å². The van der Waals surface area contributed by atoms with Crippen LogP contribution in [-0.4, -0.2) is 15.1 Å². The molecule has 0 radical (unpaired) electrons. The van der Waals surface area contributed by atoms with Gasteiger partial charge in [-0.25, -0.2) is 4.39 Å². The Hall–Kier alpha value is -2.55. The molecule has 112 valence electrons. The number of nitrogens with two attached hydrogens (primary N) is 1. The number of halogens is 1. The van der Waals surface area contributed by atoms with Gasteiger partial charge in [0.05, 0.1) is 10.5 Å². The number of hydrogen-bond donors (Lipinski definition) is 1. The van der Waals surface area contributed by atoms with Crippen molar-refractivity contribution in [2.24, 2.45) is 5.73 Å². The quantitative estimate of drug-likeness (QED) is 0.661. The Balaban J connectivity index is 2.17. The highest BCUT2D eigenvalue weighted by Gasteiger charge is 2.23. The van der Waals surface area contributed by atoms with Gasteiger partial charge in [0.1, 0.15) is 0 Å². The number of ether oxygens (including phenoxy) is 1. The second kappa shape index (κ2) is 5.44. The topological polar surface area (TPSA) is 117 Å². The number of nitro benzene ring substituents is 1. The van der Waals surface area contributed by atoms with Gasteiger partial charge in [-0.05, 0) is 19.9 Å². The van der Waals surface area contributed by atoms with Gasteiger partial charge in [-0.1, -0.05) is 11.2 Å². The van der Waals surface area contributed by atoms with Crippen LogP contribution in [0.3, 0.4) is 0 Å². The first-order valence-electron chi connectivity index (χ1n) is 5.96. The zero-order chi connectivity index (χ0) is 15.6. The van der Waals surface area contributed by atoms with E-state index < -0.39 is 27.7 Å². The van der Waals surface area contributed by atoms with Crippen LogP contribution in [0.4, 0.5) is 10.1 Å². The molecule has 1 aromatic carbocycles. The molecule has 0 unspecified atom stereocenters. The van der Waals surface area contributed by atoms with E-state index in [0.29, 0.717) is 0 Å². The van der Waals surface area contributed by atoms with E-state index in [4.69, 9.17) is 15.0 Å². The number of aromatic nitrogens is 2. The highest BCUT2D eigenvalue weighted by atomic mass is 19.1. The number of hydrogen-bond acceptors (Lipinski definition) is 7. The second-order valence-electron chi connectivity index (χ2n) is 4.87. The summed E-state index contributed by atoms with van der Waals surface area (Å²) in [6, 6.07) is 3.42. The fourth-order valence-corrected chi connectivity index (χ4v) is 1.49. The first kappa shape index (κ1) is 14.9. The van der Waals surface area contributed by atoms with Crippen LogP contribution in [-0.2, 0) is 12.1 Å². The van der Waals surface area contributed by atoms with Crippen molar-refractivity contribution in [3.63, 3.8) is 0 Å². The molecular weight excluding hydrogens is 283 g/mol. The van der Waals surface area contributed by atoms with Crippen LogP contribution in [0.15, 0.2) is 22.7 Å². The summed E-state index contributed by atoms with van der Waals surface area (Å²) in [6.07, 6.45) is 0. The molecule has 2 rings (SSSR count). The van der Waals surface area contributed by atoms with Crippen molar-refractivity contribution in [3.8, 4) is 5.75 Å². The van der Waals surface area contributed by atoms with Crippen molar-refractivity contribution in [2.45, 2.75) is 26.0 Å². The lowest BCUT2D eigenvalue weighted by Gasteiger charge is -2.11. The highest BCUT2D eigenvalue weighted by molar-refractivity contribution is 5.46. The molecule has 0 fully saturated rings. The molecule has 1 heterocycles. The molecule has 2 N–H and O–H groups in total. The smallest absolute Gasteiger partial charge is 0.314 e. The third kappa shape index (κ3) is 3.31. The Bertz CT molecular complexity index is 666. The Morgan fingerprint density at radius 1 is 1.52 bits per heavy atom. The summed E-state index contributed by atoms with van der Waals surface area (Å²) in [5.41, 5.74) is 4.51. The normalized spacial score (nSPS) is 11.4. The molecule has 0 saturated heterocycles. The summed E-state index contributed by atoms with van der Waals surface area (Å²) in [5, 5.41) is 14.5. The van der Waals surface area contributed by atoms with Gasteiger partial charge in [0.15, 0.2) is 18.2 Å². The Labute approximate surface area is 118 Å². The third-order valence-corrected chi connectivity index (χ3v) is 2.53. The van der Waals surface area contributed by atoms with E-state index >= 15 is 0 Å². The zero-order valence-corrected chi connectivity index (χ0v) is 11.4. The number of benzene rings is 1. The minimum Gasteiger partial charge on any atom is -0.475 e. The van der Waals surface area contributed by atoms with Gasteiger partial charge < -0.3 is 15.0 Å². The lowest BCUT2D eigenvalue weighted by Crippen LogP contribution is -2.30. The summed E-state index contributed by atoms with van der Waals surface area (Å²) in [7, 11) is 0. The standard InChI is InChI=1S/C12H13FN4O4/c1-12(2,14)11-15-9(21-16-11)6-20-10-7(13)4-3-5-8(10)17(18)19/h3-5H,6,14H2,1-2H3. The lowest BCUT2D eigenvalue weighted by molar-refractivity contribution is -0.386. The molecule has 0 amide bonds. The fourth-order valence-electron chi connectivity index (χ4n) is 1.49. The van der Waals surface area contributed by atoms with Gasteiger partial charge in [-0.3, -0.25) is 10.1 Å². The minimum atomic E-state index is -0.844. The first-order valence-corrected chi connectivity index (χ1v) is 5.96. The van der Waals surface area contributed by atoms with E-state index in [1.807, 2.05) is 0 Å². The van der Waals surface area contributed by atoms with Crippen molar-refractivity contribution in [3.05, 3.63) is 45.8 Å². The summed E-state index contributed by atoms with van der Waals surface area (Å²) >= 11 is 0. The number of nitrogens with zero attached hydrogens (tertiary/aromatic N) is 3. The molecule has 2 aromatic rings. The van der Waals surface area contributed by atoms with Crippen LogP contribution in [0.25, 0.3) is 0 Å². The van der Waals surface area contributed by atoms with Gasteiger partial charge in [0, 0.05) is 6.07 Å². The molecule has 0 atom stereocenters. The second-order valence-corrected chi connectivity index (χ2v) is 4.87. The molecule has 21 heavy (non-hydrogen) atoms. The summed E-state index contributed by atoms with van der Waals surface area (Å²) in [4.78, 5) is 14.1. The predicted molar refractivity (Wildman–Crippen MR) is 68.9 cm³/mol. The van der Waals surface area contributed by atoms with E-state index in [1.54, 1.807) is 13.8 Å². The van der Waals surface area contributed by atoms with Crippen LogP contribution >= 0.6 is 0 Å². The summed E-state index contributed by atoms with van der Waals surface area (Å²) < 4.78 is 23.6. The molecule has 8 nitrogen and oxygen atoms in total. The molecule has 0 aliphatic heterocycles. The van der Waals surface area contributed by atoms with Crippen LogP contribution < -0.4 is 10.5 Å². The largest absolute Gasteiger partial charge is 0.475 e. The van der Waals surface area contributed by atoms with Crippen molar-refractivity contribution in [1.82, 2.24) is 10.1 Å². The maximum absolute atomic E-state index is 13.6. The molecular formula is C12H13FN4O4. The van der Waals surface area contributed by atoms with E-state index in [2.05, 4.69) is 10.1 Å². The van der Waals surface area contributed by atoms with Crippen LogP contribution in [0.1, 0.15) is 25.6 Å². The van der Waals surface area contributed by atoms with Gasteiger partial charge >= 0.3 is 5.69 Å². The Morgan fingerprint density at radius 2 is 2.24 bits per heavy atom. The third-order valence-electron chi connectivity index (χ3n) is 2.53. The van der Waals surface area contributed by atoms with Gasteiger partial charge in [0.25, 0.3) is 5.89 Å². The Morgan fingerprint density at radius 3 is 2.81 bits per heavy atom. The molecule has 0 aliphatic rings.